The van der Waals surface area contributed by atoms with Gasteiger partial charge in [0.2, 0.25) is 0 Å². The van der Waals surface area contributed by atoms with Crippen molar-refractivity contribution in [2.75, 3.05) is 0 Å². The lowest BCUT2D eigenvalue weighted by Crippen LogP contribution is -1.99. The van der Waals surface area contributed by atoms with Gasteiger partial charge in [-0.15, -0.1) is 11.6 Å². The Morgan fingerprint density at radius 2 is 2.00 bits per heavy atom. The van der Waals surface area contributed by atoms with Crippen LogP contribution in [0.15, 0.2) is 40.9 Å². The van der Waals surface area contributed by atoms with Gasteiger partial charge >= 0.3 is 0 Å². The minimum Gasteiger partial charge on any atom is -0.489 e. The quantitative estimate of drug-likeness (QED) is 0.740. The standard InChI is InChI=1S/C15H10BrClFNO/c16-15-4-3-14(6-11(15)7-17)20-9-12-5-13(18)2-1-10(12)8-19/h1-6H,7,9H2. The molecule has 0 heterocycles. The maximum atomic E-state index is 13.2. The second-order valence-corrected chi connectivity index (χ2v) is 5.21. The molecule has 0 saturated carbocycles. The zero-order valence-electron chi connectivity index (χ0n) is 10.4. The van der Waals surface area contributed by atoms with E-state index in [1.807, 2.05) is 18.2 Å². The molecule has 0 unspecified atom stereocenters. The molecule has 2 aromatic carbocycles. The van der Waals surface area contributed by atoms with E-state index in [0.29, 0.717) is 22.8 Å². The average Bonchev–Trinajstić information content (AvgIpc) is 2.46. The number of hydrogen-bond acceptors (Lipinski definition) is 2. The van der Waals surface area contributed by atoms with Crippen LogP contribution < -0.4 is 4.74 Å². The van der Waals surface area contributed by atoms with Crippen LogP contribution in [-0.4, -0.2) is 0 Å². The normalized spacial score (nSPS) is 10.1. The number of halogens is 3. The molecule has 5 heteroatoms. The van der Waals surface area contributed by atoms with Crippen LogP contribution in [0.1, 0.15) is 16.7 Å². The van der Waals surface area contributed by atoms with Crippen molar-refractivity contribution in [1.82, 2.24) is 0 Å². The first-order chi connectivity index (χ1) is 9.63. The summed E-state index contributed by atoms with van der Waals surface area (Å²) in [6.45, 7) is 0.129. The number of rotatable bonds is 4. The summed E-state index contributed by atoms with van der Waals surface area (Å²) in [5.74, 6) is 0.595. The van der Waals surface area contributed by atoms with Crippen LogP contribution in [0.25, 0.3) is 0 Å². The van der Waals surface area contributed by atoms with Gasteiger partial charge < -0.3 is 4.74 Å². The summed E-state index contributed by atoms with van der Waals surface area (Å²) in [7, 11) is 0. The van der Waals surface area contributed by atoms with E-state index in [2.05, 4.69) is 15.9 Å². The Morgan fingerprint density at radius 1 is 1.20 bits per heavy atom. The molecule has 20 heavy (non-hydrogen) atoms. The molecule has 2 rings (SSSR count). The van der Waals surface area contributed by atoms with Crippen molar-refractivity contribution in [3.8, 4) is 11.8 Å². The maximum absolute atomic E-state index is 13.2. The summed E-state index contributed by atoms with van der Waals surface area (Å²) in [6.07, 6.45) is 0. The van der Waals surface area contributed by atoms with Gasteiger partial charge in [-0.2, -0.15) is 5.26 Å². The Labute approximate surface area is 129 Å². The molecule has 0 aromatic heterocycles. The van der Waals surface area contributed by atoms with Gasteiger partial charge in [-0.05, 0) is 42.0 Å². The minimum atomic E-state index is -0.389. The molecule has 0 aliphatic heterocycles. The van der Waals surface area contributed by atoms with Gasteiger partial charge in [-0.1, -0.05) is 15.9 Å². The van der Waals surface area contributed by atoms with Crippen LogP contribution in [0.2, 0.25) is 0 Å². The molecular weight excluding hydrogens is 345 g/mol. The van der Waals surface area contributed by atoms with Crippen LogP contribution in [0.5, 0.6) is 5.75 Å². The maximum Gasteiger partial charge on any atom is 0.123 e. The molecule has 0 radical (unpaired) electrons. The van der Waals surface area contributed by atoms with E-state index in [1.54, 1.807) is 6.07 Å². The summed E-state index contributed by atoms with van der Waals surface area (Å²) in [5, 5.41) is 8.97. The first kappa shape index (κ1) is 14.8. The highest BCUT2D eigenvalue weighted by molar-refractivity contribution is 9.10. The van der Waals surface area contributed by atoms with Gasteiger partial charge in [-0.25, -0.2) is 4.39 Å². The fraction of sp³-hybridized carbons (Fsp3) is 0.133. The summed E-state index contributed by atoms with van der Waals surface area (Å²) >= 11 is 9.20. The fourth-order valence-corrected chi connectivity index (χ4v) is 2.46. The zero-order chi connectivity index (χ0) is 14.5. The predicted molar refractivity (Wildman–Crippen MR) is 79.1 cm³/mol. The van der Waals surface area contributed by atoms with Crippen LogP contribution in [-0.2, 0) is 12.5 Å². The summed E-state index contributed by atoms with van der Waals surface area (Å²) in [4.78, 5) is 0. The second-order valence-electron chi connectivity index (χ2n) is 4.09. The van der Waals surface area contributed by atoms with Crippen LogP contribution in [0.3, 0.4) is 0 Å². The fourth-order valence-electron chi connectivity index (χ4n) is 1.70. The van der Waals surface area contributed by atoms with Gasteiger partial charge in [0.25, 0.3) is 0 Å². The highest BCUT2D eigenvalue weighted by Gasteiger charge is 2.06. The van der Waals surface area contributed by atoms with E-state index >= 15 is 0 Å². The Bertz CT molecular complexity index is 669. The molecular formula is C15H10BrClFNO. The van der Waals surface area contributed by atoms with Crippen molar-refractivity contribution >= 4 is 27.5 Å². The highest BCUT2D eigenvalue weighted by Crippen LogP contribution is 2.25. The molecule has 0 atom stereocenters. The molecule has 0 N–H and O–H groups in total. The van der Waals surface area contributed by atoms with Crippen molar-refractivity contribution < 1.29 is 9.13 Å². The molecule has 0 aliphatic rings. The third-order valence-corrected chi connectivity index (χ3v) is 3.80. The molecule has 0 bridgehead atoms. The zero-order valence-corrected chi connectivity index (χ0v) is 12.7. The van der Waals surface area contributed by atoms with Crippen molar-refractivity contribution in [2.24, 2.45) is 0 Å². The molecule has 0 saturated heterocycles. The van der Waals surface area contributed by atoms with E-state index in [0.717, 1.165) is 10.0 Å². The number of nitriles is 1. The minimum absolute atomic E-state index is 0.129. The van der Waals surface area contributed by atoms with Crippen molar-refractivity contribution in [2.45, 2.75) is 12.5 Å². The van der Waals surface area contributed by atoms with Crippen LogP contribution >= 0.6 is 27.5 Å². The molecule has 0 amide bonds. The van der Waals surface area contributed by atoms with Gasteiger partial charge in [-0.3, -0.25) is 0 Å². The molecule has 0 fully saturated rings. The first-order valence-electron chi connectivity index (χ1n) is 5.79. The van der Waals surface area contributed by atoms with E-state index in [-0.39, 0.29) is 12.4 Å². The van der Waals surface area contributed by atoms with Crippen LogP contribution in [0, 0.1) is 17.1 Å². The Kier molecular flexibility index (Phi) is 4.99. The number of alkyl halides is 1. The molecule has 102 valence electrons. The Hall–Kier alpha value is -1.57. The topological polar surface area (TPSA) is 33.0 Å². The van der Waals surface area contributed by atoms with E-state index in [4.69, 9.17) is 21.6 Å². The van der Waals surface area contributed by atoms with Gasteiger partial charge in [0.05, 0.1) is 11.6 Å². The SMILES string of the molecule is N#Cc1ccc(F)cc1COc1ccc(Br)c(CCl)c1. The predicted octanol–water partition coefficient (Wildman–Crippen LogP) is 4.78. The third kappa shape index (κ3) is 3.50. The number of ether oxygens (including phenoxy) is 1. The van der Waals surface area contributed by atoms with Gasteiger partial charge in [0.1, 0.15) is 18.2 Å². The highest BCUT2D eigenvalue weighted by atomic mass is 79.9. The second kappa shape index (κ2) is 6.74. The molecule has 0 spiro atoms. The number of benzene rings is 2. The Morgan fingerprint density at radius 3 is 2.70 bits per heavy atom. The monoisotopic (exact) mass is 353 g/mol. The number of hydrogen-bond donors (Lipinski definition) is 0. The lowest BCUT2D eigenvalue weighted by Gasteiger charge is -2.09. The smallest absolute Gasteiger partial charge is 0.123 e. The third-order valence-electron chi connectivity index (χ3n) is 2.74. The lowest BCUT2D eigenvalue weighted by molar-refractivity contribution is 0.305. The van der Waals surface area contributed by atoms with E-state index in [1.165, 1.54) is 18.2 Å². The van der Waals surface area contributed by atoms with Crippen LogP contribution in [0.4, 0.5) is 4.39 Å². The van der Waals surface area contributed by atoms with Gasteiger partial charge in [0.15, 0.2) is 0 Å². The first-order valence-corrected chi connectivity index (χ1v) is 7.12. The molecule has 0 aliphatic carbocycles. The summed E-state index contributed by atoms with van der Waals surface area (Å²) in [6, 6.07) is 11.5. The van der Waals surface area contributed by atoms with E-state index < -0.39 is 0 Å². The Balaban J connectivity index is 2.17. The molecule has 2 aromatic rings. The van der Waals surface area contributed by atoms with Crippen molar-refractivity contribution in [1.29, 1.82) is 5.26 Å². The van der Waals surface area contributed by atoms with Crippen molar-refractivity contribution in [3.05, 3.63) is 63.4 Å². The summed E-state index contributed by atoms with van der Waals surface area (Å²) in [5.41, 5.74) is 1.83. The van der Waals surface area contributed by atoms with E-state index in [9.17, 15) is 4.39 Å². The molecule has 2 nitrogen and oxygen atoms in total. The average molecular weight is 355 g/mol. The number of nitrogens with zero attached hydrogens (tertiary/aromatic N) is 1. The lowest BCUT2D eigenvalue weighted by atomic mass is 10.1. The van der Waals surface area contributed by atoms with Crippen molar-refractivity contribution in [3.63, 3.8) is 0 Å². The van der Waals surface area contributed by atoms with Gasteiger partial charge in [0, 0.05) is 15.9 Å². The summed E-state index contributed by atoms with van der Waals surface area (Å²) < 4.78 is 19.7. The largest absolute Gasteiger partial charge is 0.489 e.